The van der Waals surface area contributed by atoms with Crippen LogP contribution in [0.5, 0.6) is 0 Å². The van der Waals surface area contributed by atoms with Gasteiger partial charge in [-0.25, -0.2) is 19.3 Å². The van der Waals surface area contributed by atoms with Crippen molar-refractivity contribution in [3.8, 4) is 33.2 Å². The number of aldehydes is 2. The predicted octanol–water partition coefficient (Wildman–Crippen LogP) is 6.16. The monoisotopic (exact) mass is 525 g/mol. The van der Waals surface area contributed by atoms with Gasteiger partial charge in [0.2, 0.25) is 0 Å². The Balaban J connectivity index is 1.65. The predicted molar refractivity (Wildman–Crippen MR) is 147 cm³/mol. The standard InChI is InChI=1S/C29H24FN5O2S/c1-35-13-12-31-28(35)27-33-26(32-19-11-10-17(14-19)15-36)24-23(18-6-3-2-4-7-18)25(38-29(24)34-27)20-8-5-9-22(30)21(20)16-37/h2-9,12-13,15-17,19H,10-11,14H2,1H3,(H,32,33,34). The van der Waals surface area contributed by atoms with Crippen molar-refractivity contribution in [3.05, 3.63) is 72.3 Å². The molecule has 5 aromatic rings. The van der Waals surface area contributed by atoms with Crippen LogP contribution in [-0.4, -0.2) is 38.1 Å². The number of imidazole rings is 1. The fraction of sp³-hybridized carbons (Fsp3) is 0.207. The van der Waals surface area contributed by atoms with Crippen LogP contribution in [0.25, 0.3) is 43.4 Å². The van der Waals surface area contributed by atoms with E-state index in [-0.39, 0.29) is 17.5 Å². The summed E-state index contributed by atoms with van der Waals surface area (Å²) in [6.07, 6.45) is 7.52. The Morgan fingerprint density at radius 1 is 1.08 bits per heavy atom. The maximum atomic E-state index is 14.7. The smallest absolute Gasteiger partial charge is 0.199 e. The molecule has 2 unspecified atom stereocenters. The first-order valence-corrected chi connectivity index (χ1v) is 13.2. The molecule has 0 aliphatic heterocycles. The maximum Gasteiger partial charge on any atom is 0.199 e. The maximum absolute atomic E-state index is 14.7. The van der Waals surface area contributed by atoms with Gasteiger partial charge in [-0.05, 0) is 30.9 Å². The Hall–Kier alpha value is -4.24. The normalized spacial score (nSPS) is 17.1. The molecule has 0 saturated heterocycles. The van der Waals surface area contributed by atoms with E-state index < -0.39 is 5.82 Å². The summed E-state index contributed by atoms with van der Waals surface area (Å²) in [5.41, 5.74) is 2.25. The van der Waals surface area contributed by atoms with Gasteiger partial charge in [0.1, 0.15) is 22.8 Å². The average molecular weight is 526 g/mol. The molecule has 3 heterocycles. The molecule has 9 heteroatoms. The van der Waals surface area contributed by atoms with Crippen LogP contribution in [0.1, 0.15) is 29.6 Å². The number of aromatic nitrogens is 4. The van der Waals surface area contributed by atoms with Crippen LogP contribution < -0.4 is 5.32 Å². The molecule has 1 N–H and O–H groups in total. The quantitative estimate of drug-likeness (QED) is 0.256. The molecule has 1 aliphatic rings. The summed E-state index contributed by atoms with van der Waals surface area (Å²) in [6.45, 7) is 0. The third-order valence-electron chi connectivity index (χ3n) is 7.06. The van der Waals surface area contributed by atoms with Gasteiger partial charge in [-0.1, -0.05) is 42.5 Å². The van der Waals surface area contributed by atoms with Crippen molar-refractivity contribution in [1.29, 1.82) is 0 Å². The minimum atomic E-state index is -0.571. The molecule has 0 radical (unpaired) electrons. The number of halogens is 1. The molecule has 3 aromatic heterocycles. The van der Waals surface area contributed by atoms with Crippen LogP contribution in [0.3, 0.4) is 0 Å². The molecule has 190 valence electrons. The van der Waals surface area contributed by atoms with E-state index in [9.17, 15) is 14.0 Å². The molecular formula is C29H24FN5O2S. The highest BCUT2D eigenvalue weighted by atomic mass is 32.1. The van der Waals surface area contributed by atoms with Crippen molar-refractivity contribution in [2.45, 2.75) is 25.3 Å². The zero-order valence-electron chi connectivity index (χ0n) is 20.6. The number of fused-ring (bicyclic) bond motifs is 1. The summed E-state index contributed by atoms with van der Waals surface area (Å²) >= 11 is 1.39. The van der Waals surface area contributed by atoms with Crippen molar-refractivity contribution < 1.29 is 14.0 Å². The van der Waals surface area contributed by atoms with E-state index >= 15 is 0 Å². The van der Waals surface area contributed by atoms with Crippen LogP contribution >= 0.6 is 11.3 Å². The van der Waals surface area contributed by atoms with Gasteiger partial charge in [0, 0.05) is 47.4 Å². The highest BCUT2D eigenvalue weighted by Crippen LogP contribution is 2.48. The van der Waals surface area contributed by atoms with Gasteiger partial charge in [-0.2, -0.15) is 0 Å². The third kappa shape index (κ3) is 4.18. The van der Waals surface area contributed by atoms with Gasteiger partial charge in [-0.3, -0.25) is 4.79 Å². The molecule has 2 atom stereocenters. The number of carbonyl (C=O) groups excluding carboxylic acids is 2. The number of thiophene rings is 1. The lowest BCUT2D eigenvalue weighted by Gasteiger charge is -2.16. The number of hydrogen-bond acceptors (Lipinski definition) is 7. The zero-order valence-corrected chi connectivity index (χ0v) is 21.4. The Bertz CT molecular complexity index is 1660. The van der Waals surface area contributed by atoms with Gasteiger partial charge < -0.3 is 14.7 Å². The fourth-order valence-electron chi connectivity index (χ4n) is 5.18. The number of benzene rings is 2. The Labute approximate surface area is 222 Å². The van der Waals surface area contributed by atoms with Gasteiger partial charge >= 0.3 is 0 Å². The number of aryl methyl sites for hydroxylation is 1. The molecule has 2 aromatic carbocycles. The third-order valence-corrected chi connectivity index (χ3v) is 8.17. The number of rotatable bonds is 7. The Morgan fingerprint density at radius 2 is 1.92 bits per heavy atom. The highest BCUT2D eigenvalue weighted by molar-refractivity contribution is 7.22. The molecule has 1 saturated carbocycles. The summed E-state index contributed by atoms with van der Waals surface area (Å²) in [6, 6.07) is 14.5. The van der Waals surface area contributed by atoms with Crippen LogP contribution in [0.15, 0.2) is 60.9 Å². The van der Waals surface area contributed by atoms with E-state index in [4.69, 9.17) is 9.97 Å². The first kappa shape index (κ1) is 24.1. The van der Waals surface area contributed by atoms with Crippen molar-refractivity contribution in [2.24, 2.45) is 13.0 Å². The molecule has 6 rings (SSSR count). The Kier molecular flexibility index (Phi) is 6.29. The van der Waals surface area contributed by atoms with Crippen molar-refractivity contribution in [3.63, 3.8) is 0 Å². The molecular weight excluding hydrogens is 501 g/mol. The van der Waals surface area contributed by atoms with Crippen LogP contribution in [0.4, 0.5) is 10.2 Å². The molecule has 38 heavy (non-hydrogen) atoms. The van der Waals surface area contributed by atoms with E-state index in [2.05, 4.69) is 10.3 Å². The SMILES string of the molecule is Cn1ccnc1-c1nc(NC2CCC(C=O)C2)c2c(-c3ccccc3)c(-c3cccc(F)c3C=O)sc2n1. The second kappa shape index (κ2) is 9.90. The van der Waals surface area contributed by atoms with E-state index in [0.717, 1.165) is 46.9 Å². The van der Waals surface area contributed by atoms with Crippen molar-refractivity contribution >= 4 is 39.9 Å². The van der Waals surface area contributed by atoms with Gasteiger partial charge in [-0.15, -0.1) is 11.3 Å². The van der Waals surface area contributed by atoms with Crippen LogP contribution in [0, 0.1) is 11.7 Å². The van der Waals surface area contributed by atoms with Crippen molar-refractivity contribution in [2.75, 3.05) is 5.32 Å². The summed E-state index contributed by atoms with van der Waals surface area (Å²) in [7, 11) is 1.88. The van der Waals surface area contributed by atoms with Crippen LogP contribution in [0.2, 0.25) is 0 Å². The number of anilines is 1. The number of nitrogens with one attached hydrogen (secondary N) is 1. The molecule has 1 aliphatic carbocycles. The molecule has 0 spiro atoms. The molecule has 0 amide bonds. The minimum absolute atomic E-state index is 0.00708. The van der Waals surface area contributed by atoms with E-state index in [1.54, 1.807) is 18.3 Å². The summed E-state index contributed by atoms with van der Waals surface area (Å²) in [4.78, 5) is 39.1. The molecule has 0 bridgehead atoms. The number of nitrogens with zero attached hydrogens (tertiary/aromatic N) is 4. The lowest BCUT2D eigenvalue weighted by Crippen LogP contribution is -2.17. The lowest BCUT2D eigenvalue weighted by molar-refractivity contribution is -0.110. The second-order valence-electron chi connectivity index (χ2n) is 9.48. The largest absolute Gasteiger partial charge is 0.367 e. The van der Waals surface area contributed by atoms with Gasteiger partial charge in [0.25, 0.3) is 0 Å². The van der Waals surface area contributed by atoms with Crippen molar-refractivity contribution in [1.82, 2.24) is 19.5 Å². The number of hydrogen-bond donors (Lipinski definition) is 1. The second-order valence-corrected chi connectivity index (χ2v) is 10.5. The summed E-state index contributed by atoms with van der Waals surface area (Å²) in [5.74, 6) is 1.16. The first-order chi connectivity index (χ1) is 18.6. The minimum Gasteiger partial charge on any atom is -0.367 e. The molecule has 1 fully saturated rings. The average Bonchev–Trinajstić information content (AvgIpc) is 3.67. The van der Waals surface area contributed by atoms with Crippen LogP contribution in [-0.2, 0) is 11.8 Å². The van der Waals surface area contributed by atoms with E-state index in [1.165, 1.54) is 17.4 Å². The number of carbonyl (C=O) groups is 2. The first-order valence-electron chi connectivity index (χ1n) is 12.4. The van der Waals surface area contributed by atoms with E-state index in [0.29, 0.717) is 34.1 Å². The Morgan fingerprint density at radius 3 is 2.63 bits per heavy atom. The van der Waals surface area contributed by atoms with Gasteiger partial charge in [0.15, 0.2) is 17.9 Å². The summed E-state index contributed by atoms with van der Waals surface area (Å²) < 4.78 is 16.6. The molecule has 7 nitrogen and oxygen atoms in total. The van der Waals surface area contributed by atoms with Gasteiger partial charge in [0.05, 0.1) is 10.9 Å². The van der Waals surface area contributed by atoms with E-state index in [1.807, 2.05) is 48.1 Å². The lowest BCUT2D eigenvalue weighted by atomic mass is 9.97. The highest BCUT2D eigenvalue weighted by Gasteiger charge is 2.28. The topological polar surface area (TPSA) is 89.8 Å². The fourth-order valence-corrected chi connectivity index (χ4v) is 6.41. The zero-order chi connectivity index (χ0) is 26.2. The summed E-state index contributed by atoms with van der Waals surface area (Å²) in [5, 5.41) is 4.40.